The van der Waals surface area contributed by atoms with Gasteiger partial charge in [-0.3, -0.25) is 4.79 Å². The summed E-state index contributed by atoms with van der Waals surface area (Å²) in [7, 11) is 0. The number of benzene rings is 3. The monoisotopic (exact) mass is 413 g/mol. The van der Waals surface area contributed by atoms with Crippen molar-refractivity contribution in [1.29, 1.82) is 0 Å². The second-order valence-electron chi connectivity index (χ2n) is 7.82. The van der Waals surface area contributed by atoms with Gasteiger partial charge < -0.3 is 15.5 Å². The normalized spacial score (nSPS) is 14.3. The minimum atomic E-state index is -0.186. The first-order valence-corrected chi connectivity index (χ1v) is 10.7. The number of carbonyl (C=O) groups is 2. The van der Waals surface area contributed by atoms with Crippen LogP contribution in [0.3, 0.4) is 0 Å². The summed E-state index contributed by atoms with van der Waals surface area (Å²) in [5, 5.41) is 6.16. The topological polar surface area (TPSA) is 61.4 Å². The van der Waals surface area contributed by atoms with Crippen LogP contribution in [0, 0.1) is 5.92 Å². The van der Waals surface area contributed by atoms with Crippen LogP contribution in [-0.2, 0) is 4.79 Å². The molecule has 4 rings (SSSR count). The maximum Gasteiger partial charge on any atom is 0.321 e. The zero-order valence-electron chi connectivity index (χ0n) is 17.4. The van der Waals surface area contributed by atoms with Crippen molar-refractivity contribution in [3.8, 4) is 0 Å². The Morgan fingerprint density at radius 3 is 1.74 bits per heavy atom. The van der Waals surface area contributed by atoms with Crippen LogP contribution < -0.4 is 10.6 Å². The van der Waals surface area contributed by atoms with Gasteiger partial charge in [-0.25, -0.2) is 4.79 Å². The van der Waals surface area contributed by atoms with Crippen LogP contribution in [0.25, 0.3) is 0 Å². The predicted octanol–water partition coefficient (Wildman–Crippen LogP) is 4.84. The molecule has 0 aromatic heterocycles. The lowest BCUT2D eigenvalue weighted by Gasteiger charge is -2.32. The summed E-state index contributed by atoms with van der Waals surface area (Å²) in [6.07, 6.45) is 1.31. The van der Waals surface area contributed by atoms with E-state index < -0.39 is 0 Å². The molecule has 0 aliphatic carbocycles. The fourth-order valence-electron chi connectivity index (χ4n) is 3.98. The molecule has 1 aliphatic heterocycles. The maximum atomic E-state index is 13.1. The Balaban J connectivity index is 1.37. The van der Waals surface area contributed by atoms with Gasteiger partial charge in [0, 0.05) is 24.7 Å². The van der Waals surface area contributed by atoms with E-state index >= 15 is 0 Å². The highest BCUT2D eigenvalue weighted by Gasteiger charge is 2.29. The van der Waals surface area contributed by atoms with Crippen molar-refractivity contribution in [3.05, 3.63) is 102 Å². The first-order chi connectivity index (χ1) is 15.2. The maximum absolute atomic E-state index is 13.1. The molecule has 1 heterocycles. The van der Waals surface area contributed by atoms with Crippen LogP contribution in [0.2, 0.25) is 0 Å². The fourth-order valence-corrected chi connectivity index (χ4v) is 3.98. The lowest BCUT2D eigenvalue weighted by atomic mass is 9.93. The molecule has 0 spiro atoms. The first kappa shape index (κ1) is 20.7. The summed E-state index contributed by atoms with van der Waals surface area (Å²) in [6, 6.07) is 29.2. The smallest absolute Gasteiger partial charge is 0.321 e. The number of likely N-dealkylation sites (tertiary alicyclic amines) is 1. The average Bonchev–Trinajstić information content (AvgIpc) is 2.84. The Morgan fingerprint density at radius 2 is 1.23 bits per heavy atom. The van der Waals surface area contributed by atoms with E-state index in [0.717, 1.165) is 16.8 Å². The molecule has 0 atom stereocenters. The van der Waals surface area contributed by atoms with Gasteiger partial charge in [-0.15, -0.1) is 0 Å². The number of amides is 3. The third-order valence-electron chi connectivity index (χ3n) is 5.73. The van der Waals surface area contributed by atoms with Crippen LogP contribution in [0.4, 0.5) is 10.5 Å². The third-order valence-corrected chi connectivity index (χ3v) is 5.73. The highest BCUT2D eigenvalue weighted by Crippen LogP contribution is 2.25. The lowest BCUT2D eigenvalue weighted by molar-refractivity contribution is -0.126. The average molecular weight is 414 g/mol. The van der Waals surface area contributed by atoms with Gasteiger partial charge in [0.15, 0.2) is 0 Å². The van der Waals surface area contributed by atoms with Gasteiger partial charge in [-0.2, -0.15) is 0 Å². The van der Waals surface area contributed by atoms with Gasteiger partial charge >= 0.3 is 6.03 Å². The van der Waals surface area contributed by atoms with E-state index in [0.29, 0.717) is 25.9 Å². The Morgan fingerprint density at radius 1 is 0.742 bits per heavy atom. The number of anilines is 1. The van der Waals surface area contributed by atoms with E-state index in [4.69, 9.17) is 0 Å². The number of hydrogen-bond acceptors (Lipinski definition) is 2. The molecule has 3 aromatic rings. The van der Waals surface area contributed by atoms with Crippen molar-refractivity contribution in [2.45, 2.75) is 18.9 Å². The Kier molecular flexibility index (Phi) is 6.62. The molecule has 0 bridgehead atoms. The summed E-state index contributed by atoms with van der Waals surface area (Å²) in [6.45, 7) is 1.14. The number of urea groups is 1. The molecule has 5 nitrogen and oxygen atoms in total. The van der Waals surface area contributed by atoms with Gasteiger partial charge in [0.1, 0.15) is 0 Å². The summed E-state index contributed by atoms with van der Waals surface area (Å²) < 4.78 is 0. The largest absolute Gasteiger partial charge is 0.345 e. The van der Waals surface area contributed by atoms with Crippen molar-refractivity contribution in [2.24, 2.45) is 5.92 Å². The molecule has 2 N–H and O–H groups in total. The standard InChI is InChI=1S/C26H27N3O2/c30-25(28-24(20-10-4-1-5-11-20)21-12-6-2-7-13-21)22-16-18-29(19-17-22)26(31)27-23-14-8-3-9-15-23/h1-15,22,24H,16-19H2,(H,27,31)(H,28,30). The molecule has 158 valence electrons. The molecule has 3 amide bonds. The van der Waals surface area contributed by atoms with Gasteiger partial charge in [0.25, 0.3) is 0 Å². The molecule has 3 aromatic carbocycles. The molecule has 0 unspecified atom stereocenters. The van der Waals surface area contributed by atoms with Crippen LogP contribution in [0.15, 0.2) is 91.0 Å². The zero-order valence-corrected chi connectivity index (χ0v) is 17.4. The van der Waals surface area contributed by atoms with Crippen molar-refractivity contribution < 1.29 is 9.59 Å². The second-order valence-corrected chi connectivity index (χ2v) is 7.82. The number of carbonyl (C=O) groups excluding carboxylic acids is 2. The van der Waals surface area contributed by atoms with E-state index in [-0.39, 0.29) is 23.9 Å². The molecule has 31 heavy (non-hydrogen) atoms. The molecule has 1 saturated heterocycles. The minimum absolute atomic E-state index is 0.0424. The summed E-state index contributed by atoms with van der Waals surface area (Å²) in [5.74, 6) is -0.0588. The summed E-state index contributed by atoms with van der Waals surface area (Å²) in [5.41, 5.74) is 2.89. The third kappa shape index (κ3) is 5.31. The van der Waals surface area contributed by atoms with Crippen molar-refractivity contribution in [3.63, 3.8) is 0 Å². The molecule has 1 aliphatic rings. The van der Waals surface area contributed by atoms with Crippen molar-refractivity contribution in [2.75, 3.05) is 18.4 Å². The number of para-hydroxylation sites is 1. The van der Waals surface area contributed by atoms with E-state index in [1.807, 2.05) is 91.0 Å². The molecule has 0 saturated carbocycles. The Hall–Kier alpha value is -3.60. The molecular weight excluding hydrogens is 386 g/mol. The van der Waals surface area contributed by atoms with Gasteiger partial charge in [-0.1, -0.05) is 78.9 Å². The van der Waals surface area contributed by atoms with E-state index in [9.17, 15) is 9.59 Å². The number of piperidine rings is 1. The van der Waals surface area contributed by atoms with Crippen molar-refractivity contribution in [1.82, 2.24) is 10.2 Å². The molecule has 5 heteroatoms. The Bertz CT molecular complexity index is 945. The summed E-state index contributed by atoms with van der Waals surface area (Å²) >= 11 is 0. The SMILES string of the molecule is O=C(NC(c1ccccc1)c1ccccc1)C1CCN(C(=O)Nc2ccccc2)CC1. The highest BCUT2D eigenvalue weighted by molar-refractivity contribution is 5.89. The predicted molar refractivity (Wildman–Crippen MR) is 123 cm³/mol. The van der Waals surface area contributed by atoms with Crippen molar-refractivity contribution >= 4 is 17.6 Å². The number of nitrogens with one attached hydrogen (secondary N) is 2. The van der Waals surface area contributed by atoms with Gasteiger partial charge in [0.2, 0.25) is 5.91 Å². The summed E-state index contributed by atoms with van der Waals surface area (Å²) in [4.78, 5) is 27.4. The second kappa shape index (κ2) is 9.94. The first-order valence-electron chi connectivity index (χ1n) is 10.7. The minimum Gasteiger partial charge on any atom is -0.345 e. The zero-order chi connectivity index (χ0) is 21.5. The number of rotatable bonds is 5. The van der Waals surface area contributed by atoms with Crippen LogP contribution >= 0.6 is 0 Å². The van der Waals surface area contributed by atoms with E-state index in [1.54, 1.807) is 4.90 Å². The van der Waals surface area contributed by atoms with Crippen LogP contribution in [0.5, 0.6) is 0 Å². The lowest BCUT2D eigenvalue weighted by Crippen LogP contribution is -2.45. The number of nitrogens with zero attached hydrogens (tertiary/aromatic N) is 1. The van der Waals surface area contributed by atoms with E-state index in [1.165, 1.54) is 0 Å². The van der Waals surface area contributed by atoms with Crippen LogP contribution in [0.1, 0.15) is 30.0 Å². The molecular formula is C26H27N3O2. The van der Waals surface area contributed by atoms with E-state index in [2.05, 4.69) is 10.6 Å². The fraction of sp³-hybridized carbons (Fsp3) is 0.231. The quantitative estimate of drug-likeness (QED) is 0.629. The van der Waals surface area contributed by atoms with Gasteiger partial charge in [0.05, 0.1) is 6.04 Å². The Labute approximate surface area is 183 Å². The van der Waals surface area contributed by atoms with Gasteiger partial charge in [-0.05, 0) is 36.1 Å². The molecule has 0 radical (unpaired) electrons. The van der Waals surface area contributed by atoms with Crippen LogP contribution in [-0.4, -0.2) is 29.9 Å². The highest BCUT2D eigenvalue weighted by atomic mass is 16.2. The molecule has 1 fully saturated rings. The number of hydrogen-bond donors (Lipinski definition) is 2.